The van der Waals surface area contributed by atoms with Gasteiger partial charge in [0.15, 0.2) is 0 Å². The lowest BCUT2D eigenvalue weighted by atomic mass is 9.79. The number of nitrogens with zero attached hydrogens (tertiary/aromatic N) is 1. The molecule has 1 saturated carbocycles. The number of hydrogen-bond donors (Lipinski definition) is 1. The van der Waals surface area contributed by atoms with Crippen molar-refractivity contribution >= 4 is 15.9 Å². The highest BCUT2D eigenvalue weighted by Crippen LogP contribution is 2.36. The Labute approximate surface area is 128 Å². The molecule has 1 aliphatic heterocycles. The monoisotopic (exact) mass is 340 g/mol. The molecule has 3 rings (SSSR count). The Hall–Kier alpha value is -0.450. The van der Waals surface area contributed by atoms with Crippen molar-refractivity contribution in [3.63, 3.8) is 0 Å². The molecule has 0 unspecified atom stereocenters. The molecule has 1 aromatic carbocycles. The fourth-order valence-corrected chi connectivity index (χ4v) is 4.10. The first-order valence-electron chi connectivity index (χ1n) is 7.60. The first kappa shape index (κ1) is 14.5. The molecule has 20 heavy (non-hydrogen) atoms. The van der Waals surface area contributed by atoms with Gasteiger partial charge < -0.3 is 5.32 Å². The van der Waals surface area contributed by atoms with Crippen LogP contribution >= 0.6 is 15.9 Å². The first-order chi connectivity index (χ1) is 9.71. The van der Waals surface area contributed by atoms with E-state index in [-0.39, 0.29) is 5.82 Å². The van der Waals surface area contributed by atoms with Crippen LogP contribution in [0.25, 0.3) is 0 Å². The average molecular weight is 341 g/mol. The number of rotatable bonds is 2. The number of hydrogen-bond acceptors (Lipinski definition) is 2. The van der Waals surface area contributed by atoms with Crippen molar-refractivity contribution in [2.75, 3.05) is 19.6 Å². The van der Waals surface area contributed by atoms with Crippen LogP contribution in [-0.4, -0.2) is 30.1 Å². The van der Waals surface area contributed by atoms with Gasteiger partial charge in [-0.1, -0.05) is 31.4 Å². The molecule has 1 aliphatic carbocycles. The Balaban J connectivity index is 1.81. The van der Waals surface area contributed by atoms with Crippen molar-refractivity contribution in [3.8, 4) is 0 Å². The van der Waals surface area contributed by atoms with Crippen molar-refractivity contribution in [1.82, 2.24) is 10.2 Å². The molecule has 1 saturated heterocycles. The molecular formula is C16H22BrFN2. The van der Waals surface area contributed by atoms with Crippen molar-refractivity contribution in [2.24, 2.45) is 0 Å². The van der Waals surface area contributed by atoms with Crippen LogP contribution in [0.2, 0.25) is 0 Å². The molecule has 0 bridgehead atoms. The van der Waals surface area contributed by atoms with Crippen LogP contribution in [0.3, 0.4) is 0 Å². The van der Waals surface area contributed by atoms with E-state index in [1.54, 1.807) is 0 Å². The fourth-order valence-electron chi connectivity index (χ4n) is 3.71. The van der Waals surface area contributed by atoms with Gasteiger partial charge in [0.25, 0.3) is 0 Å². The van der Waals surface area contributed by atoms with Crippen LogP contribution in [0, 0.1) is 5.82 Å². The third-order valence-corrected chi connectivity index (χ3v) is 5.75. The van der Waals surface area contributed by atoms with E-state index in [1.807, 2.05) is 12.1 Å². The predicted molar refractivity (Wildman–Crippen MR) is 83.2 cm³/mol. The molecule has 2 aliphatic rings. The Kier molecular flexibility index (Phi) is 4.43. The number of halogens is 2. The predicted octanol–water partition coefficient (Wildman–Crippen LogP) is 3.70. The number of piperazine rings is 1. The van der Waals surface area contributed by atoms with E-state index in [2.05, 4.69) is 26.1 Å². The summed E-state index contributed by atoms with van der Waals surface area (Å²) in [6.45, 7) is 4.03. The second-order valence-corrected chi connectivity index (χ2v) is 6.89. The van der Waals surface area contributed by atoms with E-state index in [9.17, 15) is 4.39 Å². The number of nitrogens with one attached hydrogen (secondary N) is 1. The number of benzene rings is 1. The Morgan fingerprint density at radius 3 is 2.85 bits per heavy atom. The van der Waals surface area contributed by atoms with Crippen molar-refractivity contribution in [2.45, 2.75) is 44.2 Å². The van der Waals surface area contributed by atoms with Gasteiger partial charge in [-0.3, -0.25) is 4.90 Å². The molecule has 1 heterocycles. The molecule has 0 amide bonds. The maximum absolute atomic E-state index is 13.7. The van der Waals surface area contributed by atoms with Gasteiger partial charge >= 0.3 is 0 Å². The molecule has 0 radical (unpaired) electrons. The quantitative estimate of drug-likeness (QED) is 0.883. The summed E-state index contributed by atoms with van der Waals surface area (Å²) in [5, 5.41) is 3.56. The summed E-state index contributed by atoms with van der Waals surface area (Å²) in [6, 6.07) is 5.36. The molecule has 1 aromatic rings. The lowest BCUT2D eigenvalue weighted by Gasteiger charge is -2.50. The van der Waals surface area contributed by atoms with Crippen molar-refractivity contribution in [3.05, 3.63) is 34.1 Å². The minimum absolute atomic E-state index is 0.157. The van der Waals surface area contributed by atoms with Gasteiger partial charge in [0.2, 0.25) is 0 Å². The molecule has 110 valence electrons. The molecule has 0 aromatic heterocycles. The highest BCUT2D eigenvalue weighted by atomic mass is 79.9. The van der Waals surface area contributed by atoms with E-state index in [0.29, 0.717) is 10.0 Å². The van der Waals surface area contributed by atoms with Crippen LogP contribution in [0.4, 0.5) is 4.39 Å². The fraction of sp³-hybridized carbons (Fsp3) is 0.625. The van der Waals surface area contributed by atoms with Gasteiger partial charge in [0.1, 0.15) is 5.82 Å². The summed E-state index contributed by atoms with van der Waals surface area (Å²) in [5.41, 5.74) is 1.36. The van der Waals surface area contributed by atoms with Crippen LogP contribution in [-0.2, 0) is 6.54 Å². The first-order valence-corrected chi connectivity index (χ1v) is 8.39. The Morgan fingerprint density at radius 2 is 2.05 bits per heavy atom. The summed E-state index contributed by atoms with van der Waals surface area (Å²) < 4.78 is 14.3. The SMILES string of the molecule is Fc1cccc(CN2CCNCC23CCCCC3)c1Br. The smallest absolute Gasteiger partial charge is 0.137 e. The van der Waals surface area contributed by atoms with Gasteiger partial charge in [-0.2, -0.15) is 0 Å². The molecule has 2 fully saturated rings. The zero-order chi connectivity index (χ0) is 14.0. The summed E-state index contributed by atoms with van der Waals surface area (Å²) >= 11 is 3.40. The molecule has 1 N–H and O–H groups in total. The Bertz CT molecular complexity index is 463. The average Bonchev–Trinajstić information content (AvgIpc) is 2.47. The highest BCUT2D eigenvalue weighted by molar-refractivity contribution is 9.10. The second kappa shape index (κ2) is 6.12. The van der Waals surface area contributed by atoms with Crippen LogP contribution in [0.1, 0.15) is 37.7 Å². The normalized spacial score (nSPS) is 23.1. The Morgan fingerprint density at radius 1 is 1.25 bits per heavy atom. The second-order valence-electron chi connectivity index (χ2n) is 6.10. The summed E-state index contributed by atoms with van der Waals surface area (Å²) in [5.74, 6) is -0.157. The van der Waals surface area contributed by atoms with E-state index >= 15 is 0 Å². The van der Waals surface area contributed by atoms with Crippen LogP contribution in [0.5, 0.6) is 0 Å². The van der Waals surface area contributed by atoms with E-state index in [0.717, 1.165) is 31.7 Å². The van der Waals surface area contributed by atoms with Gasteiger partial charge in [-0.05, 0) is 40.4 Å². The third kappa shape index (κ3) is 2.78. The topological polar surface area (TPSA) is 15.3 Å². The minimum atomic E-state index is -0.157. The summed E-state index contributed by atoms with van der Waals surface area (Å²) in [4.78, 5) is 2.59. The van der Waals surface area contributed by atoms with Gasteiger partial charge in [0.05, 0.1) is 4.47 Å². The van der Waals surface area contributed by atoms with E-state index in [1.165, 1.54) is 38.2 Å². The van der Waals surface area contributed by atoms with Crippen LogP contribution in [0.15, 0.2) is 22.7 Å². The maximum atomic E-state index is 13.7. The molecule has 0 atom stereocenters. The zero-order valence-electron chi connectivity index (χ0n) is 11.8. The molecule has 2 nitrogen and oxygen atoms in total. The lowest BCUT2D eigenvalue weighted by Crippen LogP contribution is -2.61. The third-order valence-electron chi connectivity index (χ3n) is 4.86. The van der Waals surface area contributed by atoms with E-state index in [4.69, 9.17) is 0 Å². The zero-order valence-corrected chi connectivity index (χ0v) is 13.4. The maximum Gasteiger partial charge on any atom is 0.137 e. The van der Waals surface area contributed by atoms with Crippen LogP contribution < -0.4 is 5.32 Å². The van der Waals surface area contributed by atoms with Gasteiger partial charge in [0, 0.05) is 31.7 Å². The van der Waals surface area contributed by atoms with Crippen molar-refractivity contribution < 1.29 is 4.39 Å². The summed E-state index contributed by atoms with van der Waals surface area (Å²) in [7, 11) is 0. The molecule has 1 spiro atoms. The van der Waals surface area contributed by atoms with E-state index < -0.39 is 0 Å². The molecular weight excluding hydrogens is 319 g/mol. The van der Waals surface area contributed by atoms with Gasteiger partial charge in [-0.25, -0.2) is 4.39 Å². The largest absolute Gasteiger partial charge is 0.314 e. The minimum Gasteiger partial charge on any atom is -0.314 e. The molecule has 4 heteroatoms. The van der Waals surface area contributed by atoms with Crippen molar-refractivity contribution in [1.29, 1.82) is 0 Å². The van der Waals surface area contributed by atoms with Gasteiger partial charge in [-0.15, -0.1) is 0 Å². The highest BCUT2D eigenvalue weighted by Gasteiger charge is 2.39. The lowest BCUT2D eigenvalue weighted by molar-refractivity contribution is 0.0206. The standard InChI is InChI=1S/C16H22BrFN2/c17-15-13(5-4-6-14(15)18)11-20-10-9-19-12-16(20)7-2-1-3-8-16/h4-6,19H,1-3,7-12H2. The summed E-state index contributed by atoms with van der Waals surface area (Å²) in [6.07, 6.45) is 6.55.